The van der Waals surface area contributed by atoms with Crippen molar-refractivity contribution in [3.63, 3.8) is 0 Å². The van der Waals surface area contributed by atoms with E-state index in [0.29, 0.717) is 6.04 Å². The maximum absolute atomic E-state index is 12.4. The molecule has 0 saturated carbocycles. The van der Waals surface area contributed by atoms with Crippen LogP contribution in [0.1, 0.15) is 31.7 Å². The maximum atomic E-state index is 12.4. The molecule has 1 atom stereocenters. The Bertz CT molecular complexity index is 497. The third kappa shape index (κ3) is 3.38. The van der Waals surface area contributed by atoms with E-state index in [-0.39, 0.29) is 6.03 Å². The molecule has 1 aromatic carbocycles. The number of rotatable bonds is 3. The minimum Gasteiger partial charge on any atom is -0.323 e. The van der Waals surface area contributed by atoms with Gasteiger partial charge in [-0.2, -0.15) is 0 Å². The van der Waals surface area contributed by atoms with Crippen molar-refractivity contribution in [1.82, 2.24) is 9.80 Å². The quantitative estimate of drug-likeness (QED) is 0.927. The lowest BCUT2D eigenvalue weighted by molar-refractivity contribution is 0.210. The number of likely N-dealkylation sites (tertiary alicyclic amines) is 2. The molecule has 2 amide bonds. The van der Waals surface area contributed by atoms with E-state index in [1.807, 2.05) is 17.0 Å². The molecular weight excluding hydrogens is 262 g/mol. The number of carbonyl (C=O) groups excluding carboxylic acids is 1. The third-order valence-corrected chi connectivity index (χ3v) is 4.69. The monoisotopic (exact) mass is 287 g/mol. The maximum Gasteiger partial charge on any atom is 0.321 e. The number of nitrogens with zero attached hydrogens (tertiary/aromatic N) is 2. The molecule has 114 valence electrons. The van der Waals surface area contributed by atoms with Crippen molar-refractivity contribution in [2.45, 2.75) is 38.6 Å². The van der Waals surface area contributed by atoms with E-state index in [0.717, 1.165) is 31.6 Å². The van der Waals surface area contributed by atoms with Crippen LogP contribution in [-0.2, 0) is 6.42 Å². The summed E-state index contributed by atoms with van der Waals surface area (Å²) in [7, 11) is 0. The van der Waals surface area contributed by atoms with Gasteiger partial charge in [-0.05, 0) is 56.5 Å². The summed E-state index contributed by atoms with van der Waals surface area (Å²) in [5.74, 6) is 0. The van der Waals surface area contributed by atoms with Gasteiger partial charge >= 0.3 is 6.03 Å². The van der Waals surface area contributed by atoms with Gasteiger partial charge in [-0.3, -0.25) is 4.90 Å². The number of amides is 2. The van der Waals surface area contributed by atoms with Crippen molar-refractivity contribution in [3.8, 4) is 0 Å². The zero-order valence-corrected chi connectivity index (χ0v) is 12.8. The number of anilines is 1. The van der Waals surface area contributed by atoms with Gasteiger partial charge in [0.1, 0.15) is 0 Å². The van der Waals surface area contributed by atoms with Crippen molar-refractivity contribution in [2.24, 2.45) is 0 Å². The minimum atomic E-state index is 0.0463. The molecule has 0 radical (unpaired) electrons. The highest BCUT2D eigenvalue weighted by Gasteiger charge is 2.31. The second-order valence-electron chi connectivity index (χ2n) is 6.12. The number of hydrogen-bond acceptors (Lipinski definition) is 2. The Morgan fingerprint density at radius 1 is 1.29 bits per heavy atom. The van der Waals surface area contributed by atoms with Crippen LogP contribution >= 0.6 is 0 Å². The smallest absolute Gasteiger partial charge is 0.321 e. The average Bonchev–Trinajstić information content (AvgIpc) is 3.18. The second kappa shape index (κ2) is 6.48. The Morgan fingerprint density at radius 2 is 2.10 bits per heavy atom. The standard InChI is InChI=1S/C17H25N3O/c1-2-14-6-5-7-15(12-14)18-17(21)20-11-8-16(13-20)19-9-3-4-10-19/h5-7,12,16H,2-4,8-11,13H2,1H3,(H,18,21). The van der Waals surface area contributed by atoms with Gasteiger partial charge in [-0.1, -0.05) is 19.1 Å². The Kier molecular flexibility index (Phi) is 4.44. The molecule has 0 aromatic heterocycles. The fourth-order valence-corrected chi connectivity index (χ4v) is 3.40. The Balaban J connectivity index is 1.56. The molecule has 0 bridgehead atoms. The average molecular weight is 287 g/mol. The lowest BCUT2D eigenvalue weighted by Gasteiger charge is -2.23. The van der Waals surface area contributed by atoms with Crippen LogP contribution in [0.4, 0.5) is 10.5 Å². The van der Waals surface area contributed by atoms with Gasteiger partial charge < -0.3 is 10.2 Å². The Labute approximate surface area is 127 Å². The van der Waals surface area contributed by atoms with Gasteiger partial charge in [0.15, 0.2) is 0 Å². The highest BCUT2D eigenvalue weighted by atomic mass is 16.2. The summed E-state index contributed by atoms with van der Waals surface area (Å²) in [6, 6.07) is 8.74. The largest absolute Gasteiger partial charge is 0.323 e. The van der Waals surface area contributed by atoms with Gasteiger partial charge in [0.25, 0.3) is 0 Å². The summed E-state index contributed by atoms with van der Waals surface area (Å²) in [5.41, 5.74) is 2.16. The first-order chi connectivity index (χ1) is 10.3. The Morgan fingerprint density at radius 3 is 2.86 bits per heavy atom. The highest BCUT2D eigenvalue weighted by molar-refractivity contribution is 5.89. The fourth-order valence-electron chi connectivity index (χ4n) is 3.40. The van der Waals surface area contributed by atoms with Gasteiger partial charge in [-0.25, -0.2) is 4.79 Å². The molecule has 2 aliphatic heterocycles. The molecule has 2 fully saturated rings. The van der Waals surface area contributed by atoms with Crippen LogP contribution in [-0.4, -0.2) is 48.1 Å². The van der Waals surface area contributed by atoms with E-state index in [1.165, 1.54) is 31.5 Å². The summed E-state index contributed by atoms with van der Waals surface area (Å²) in [4.78, 5) is 16.9. The van der Waals surface area contributed by atoms with Crippen LogP contribution in [0.5, 0.6) is 0 Å². The summed E-state index contributed by atoms with van der Waals surface area (Å²) in [6.45, 7) is 6.29. The van der Waals surface area contributed by atoms with Crippen molar-refractivity contribution < 1.29 is 4.79 Å². The molecule has 2 heterocycles. The molecule has 0 spiro atoms. The zero-order valence-electron chi connectivity index (χ0n) is 12.8. The molecule has 2 aliphatic rings. The molecule has 0 aliphatic carbocycles. The molecule has 1 unspecified atom stereocenters. The topological polar surface area (TPSA) is 35.6 Å². The fraction of sp³-hybridized carbons (Fsp3) is 0.588. The van der Waals surface area contributed by atoms with Gasteiger partial charge in [0.05, 0.1) is 0 Å². The van der Waals surface area contributed by atoms with E-state index >= 15 is 0 Å². The highest BCUT2D eigenvalue weighted by Crippen LogP contribution is 2.21. The molecule has 4 nitrogen and oxygen atoms in total. The lowest BCUT2D eigenvalue weighted by Crippen LogP contribution is -2.38. The third-order valence-electron chi connectivity index (χ3n) is 4.69. The van der Waals surface area contributed by atoms with Gasteiger partial charge in [0.2, 0.25) is 0 Å². The first-order valence-electron chi connectivity index (χ1n) is 8.15. The van der Waals surface area contributed by atoms with Crippen LogP contribution < -0.4 is 5.32 Å². The summed E-state index contributed by atoms with van der Waals surface area (Å²) >= 11 is 0. The van der Waals surface area contributed by atoms with E-state index in [9.17, 15) is 4.79 Å². The van der Waals surface area contributed by atoms with Crippen molar-refractivity contribution >= 4 is 11.7 Å². The summed E-state index contributed by atoms with van der Waals surface area (Å²) in [5, 5.41) is 3.04. The number of nitrogens with one attached hydrogen (secondary N) is 1. The van der Waals surface area contributed by atoms with E-state index in [4.69, 9.17) is 0 Å². The van der Waals surface area contributed by atoms with Crippen molar-refractivity contribution in [3.05, 3.63) is 29.8 Å². The Hall–Kier alpha value is -1.55. The summed E-state index contributed by atoms with van der Waals surface area (Å²) in [6.07, 6.45) is 4.73. The predicted octanol–water partition coefficient (Wildman–Crippen LogP) is 2.95. The first kappa shape index (κ1) is 14.4. The molecule has 2 saturated heterocycles. The number of aryl methyl sites for hydroxylation is 1. The molecular formula is C17H25N3O. The van der Waals surface area contributed by atoms with Crippen LogP contribution in [0.2, 0.25) is 0 Å². The molecule has 3 rings (SSSR count). The number of hydrogen-bond donors (Lipinski definition) is 1. The zero-order chi connectivity index (χ0) is 14.7. The number of carbonyl (C=O) groups is 1. The first-order valence-corrected chi connectivity index (χ1v) is 8.15. The lowest BCUT2D eigenvalue weighted by atomic mass is 10.1. The van der Waals surface area contributed by atoms with Gasteiger partial charge in [0, 0.05) is 24.8 Å². The van der Waals surface area contributed by atoms with E-state index in [1.54, 1.807) is 0 Å². The number of benzene rings is 1. The molecule has 1 aromatic rings. The normalized spacial score (nSPS) is 22.7. The van der Waals surface area contributed by atoms with Gasteiger partial charge in [-0.15, -0.1) is 0 Å². The van der Waals surface area contributed by atoms with Crippen molar-refractivity contribution in [2.75, 3.05) is 31.5 Å². The minimum absolute atomic E-state index is 0.0463. The van der Waals surface area contributed by atoms with E-state index < -0.39 is 0 Å². The van der Waals surface area contributed by atoms with Crippen LogP contribution in [0.3, 0.4) is 0 Å². The summed E-state index contributed by atoms with van der Waals surface area (Å²) < 4.78 is 0. The molecule has 21 heavy (non-hydrogen) atoms. The van der Waals surface area contributed by atoms with E-state index in [2.05, 4.69) is 29.3 Å². The van der Waals surface area contributed by atoms with Crippen LogP contribution in [0.15, 0.2) is 24.3 Å². The van der Waals surface area contributed by atoms with Crippen molar-refractivity contribution in [1.29, 1.82) is 0 Å². The predicted molar refractivity (Wildman–Crippen MR) is 85.6 cm³/mol. The molecule has 4 heteroatoms. The second-order valence-corrected chi connectivity index (χ2v) is 6.12. The van der Waals surface area contributed by atoms with Crippen LogP contribution in [0, 0.1) is 0 Å². The molecule has 1 N–H and O–H groups in total. The number of urea groups is 1. The SMILES string of the molecule is CCc1cccc(NC(=O)N2CCC(N3CCCC3)C2)c1. The van der Waals surface area contributed by atoms with Crippen LogP contribution in [0.25, 0.3) is 0 Å².